The normalized spacial score (nSPS) is 12.1. The summed E-state index contributed by atoms with van der Waals surface area (Å²) >= 11 is 0. The van der Waals surface area contributed by atoms with Crippen molar-refractivity contribution in [3.8, 4) is 0 Å². The highest BCUT2D eigenvalue weighted by atomic mass is 32.2. The van der Waals surface area contributed by atoms with Crippen molar-refractivity contribution in [2.24, 2.45) is 0 Å². The Morgan fingerprint density at radius 2 is 1.84 bits per heavy atom. The minimum absolute atomic E-state index is 0.0134. The fraction of sp³-hybridized carbons (Fsp3) is 0.267. The van der Waals surface area contributed by atoms with Gasteiger partial charge in [0.25, 0.3) is 5.56 Å². The molecule has 0 amide bonds. The zero-order chi connectivity index (χ0) is 18.2. The van der Waals surface area contributed by atoms with Crippen molar-refractivity contribution in [1.29, 1.82) is 0 Å². The first kappa shape index (κ1) is 17.1. The highest BCUT2D eigenvalue weighted by Crippen LogP contribution is 2.10. The van der Waals surface area contributed by atoms with E-state index in [1.54, 1.807) is 24.4 Å². The maximum Gasteiger partial charge on any atom is 0.350 e. The molecule has 0 aliphatic rings. The number of rotatable bonds is 5. The zero-order valence-corrected chi connectivity index (χ0v) is 14.5. The van der Waals surface area contributed by atoms with Gasteiger partial charge < -0.3 is 4.57 Å². The first-order valence-corrected chi connectivity index (χ1v) is 8.92. The molecule has 0 unspecified atom stereocenters. The molecule has 0 bridgehead atoms. The number of aromatic nitrogens is 4. The number of hydrogen-bond acceptors (Lipinski definition) is 5. The van der Waals surface area contributed by atoms with Crippen LogP contribution in [-0.2, 0) is 23.1 Å². The van der Waals surface area contributed by atoms with Gasteiger partial charge in [0.05, 0.1) is 11.4 Å². The third-order valence-corrected chi connectivity index (χ3v) is 5.57. The predicted octanol–water partition coefficient (Wildman–Crippen LogP) is -0.392. The fourth-order valence-electron chi connectivity index (χ4n) is 2.36. The van der Waals surface area contributed by atoms with Gasteiger partial charge in [-0.25, -0.2) is 22.2 Å². The van der Waals surface area contributed by atoms with E-state index in [2.05, 4.69) is 5.10 Å². The van der Waals surface area contributed by atoms with Gasteiger partial charge in [-0.15, -0.1) is 5.10 Å². The van der Waals surface area contributed by atoms with Crippen LogP contribution in [0.4, 0.5) is 0 Å². The molecule has 0 aliphatic carbocycles. The summed E-state index contributed by atoms with van der Waals surface area (Å²) in [6, 6.07) is 7.66. The Kier molecular flexibility index (Phi) is 4.31. The van der Waals surface area contributed by atoms with E-state index in [0.717, 1.165) is 4.31 Å². The topological polar surface area (TPSA) is 98.7 Å². The monoisotopic (exact) mass is 363 g/mol. The maximum atomic E-state index is 12.2. The number of sulfonamides is 1. The lowest BCUT2D eigenvalue weighted by Gasteiger charge is -2.13. The standard InChI is InChI=1S/C15H17N5O4S/c1-17(2)25(23,24)12-6-7-14(21)18(11-12)9-10-20-15(22)19-8-4-3-5-13(19)16-20/h3-8,11H,9-10H2,1-2H3. The third-order valence-electron chi connectivity index (χ3n) is 3.78. The molecule has 3 rings (SSSR count). The van der Waals surface area contributed by atoms with Crippen LogP contribution in [0.15, 0.2) is 57.2 Å². The molecule has 0 aromatic carbocycles. The number of aryl methyl sites for hydroxylation is 2. The fourth-order valence-corrected chi connectivity index (χ4v) is 3.29. The highest BCUT2D eigenvalue weighted by Gasteiger charge is 2.18. The third kappa shape index (κ3) is 3.13. The van der Waals surface area contributed by atoms with E-state index in [1.165, 1.54) is 46.1 Å². The van der Waals surface area contributed by atoms with Crippen LogP contribution in [0, 0.1) is 0 Å². The van der Waals surface area contributed by atoms with Crippen LogP contribution in [0.5, 0.6) is 0 Å². The molecule has 0 fully saturated rings. The molecule has 25 heavy (non-hydrogen) atoms. The summed E-state index contributed by atoms with van der Waals surface area (Å²) in [7, 11) is -0.807. The molecule has 132 valence electrons. The van der Waals surface area contributed by atoms with E-state index in [9.17, 15) is 18.0 Å². The molecule has 0 radical (unpaired) electrons. The summed E-state index contributed by atoms with van der Waals surface area (Å²) in [4.78, 5) is 24.2. The molecule has 3 aromatic rings. The first-order chi connectivity index (χ1) is 11.8. The molecule has 0 aliphatic heterocycles. The molecule has 0 N–H and O–H groups in total. The summed E-state index contributed by atoms with van der Waals surface area (Å²) in [6.45, 7) is 0.269. The lowest BCUT2D eigenvalue weighted by Crippen LogP contribution is -2.29. The molecule has 3 heterocycles. The van der Waals surface area contributed by atoms with Crippen molar-refractivity contribution in [3.63, 3.8) is 0 Å². The Morgan fingerprint density at radius 1 is 1.08 bits per heavy atom. The second kappa shape index (κ2) is 6.30. The van der Waals surface area contributed by atoms with Gasteiger partial charge in [0, 0.05) is 39.1 Å². The summed E-state index contributed by atoms with van der Waals surface area (Å²) in [5.41, 5.74) is -0.168. The highest BCUT2D eigenvalue weighted by molar-refractivity contribution is 7.89. The van der Waals surface area contributed by atoms with Crippen molar-refractivity contribution < 1.29 is 8.42 Å². The largest absolute Gasteiger partial charge is 0.350 e. The van der Waals surface area contributed by atoms with Crippen LogP contribution < -0.4 is 11.2 Å². The first-order valence-electron chi connectivity index (χ1n) is 7.48. The average Bonchev–Trinajstić information content (AvgIpc) is 2.90. The van der Waals surface area contributed by atoms with Crippen LogP contribution >= 0.6 is 0 Å². The molecule has 0 saturated heterocycles. The van der Waals surface area contributed by atoms with Crippen molar-refractivity contribution >= 4 is 15.7 Å². The lowest BCUT2D eigenvalue weighted by molar-refractivity contribution is 0.501. The number of hydrogen-bond donors (Lipinski definition) is 0. The van der Waals surface area contributed by atoms with Gasteiger partial charge in [0.15, 0.2) is 5.65 Å². The Bertz CT molecular complexity index is 1140. The van der Waals surface area contributed by atoms with Gasteiger partial charge in [0.2, 0.25) is 10.0 Å². The minimum atomic E-state index is -3.64. The van der Waals surface area contributed by atoms with Gasteiger partial charge in [0.1, 0.15) is 0 Å². The molecule has 0 spiro atoms. The molecule has 9 nitrogen and oxygen atoms in total. The Hall–Kier alpha value is -2.72. The lowest BCUT2D eigenvalue weighted by atomic mass is 10.4. The van der Waals surface area contributed by atoms with E-state index in [1.807, 2.05) is 0 Å². The van der Waals surface area contributed by atoms with Gasteiger partial charge in [-0.2, -0.15) is 0 Å². The zero-order valence-electron chi connectivity index (χ0n) is 13.7. The molecule has 3 aromatic heterocycles. The summed E-state index contributed by atoms with van der Waals surface area (Å²) < 4.78 is 29.3. The van der Waals surface area contributed by atoms with Gasteiger partial charge >= 0.3 is 5.69 Å². The summed E-state index contributed by atoms with van der Waals surface area (Å²) in [5, 5.41) is 4.18. The van der Waals surface area contributed by atoms with Crippen LogP contribution in [0.1, 0.15) is 0 Å². The summed E-state index contributed by atoms with van der Waals surface area (Å²) in [6.07, 6.45) is 2.89. The second-order valence-electron chi connectivity index (χ2n) is 5.62. The van der Waals surface area contributed by atoms with Gasteiger partial charge in [-0.3, -0.25) is 9.20 Å². The van der Waals surface area contributed by atoms with Crippen LogP contribution in [0.2, 0.25) is 0 Å². The summed E-state index contributed by atoms with van der Waals surface area (Å²) in [5.74, 6) is 0. The SMILES string of the molecule is CN(C)S(=O)(=O)c1ccc(=O)n(CCn2nc3ccccn3c2=O)c1. The minimum Gasteiger partial charge on any atom is -0.312 e. The van der Waals surface area contributed by atoms with Crippen molar-refractivity contribution in [2.75, 3.05) is 14.1 Å². The van der Waals surface area contributed by atoms with E-state index in [0.29, 0.717) is 5.65 Å². The quantitative estimate of drug-likeness (QED) is 0.615. The second-order valence-corrected chi connectivity index (χ2v) is 7.77. The van der Waals surface area contributed by atoms with Crippen molar-refractivity contribution in [2.45, 2.75) is 18.0 Å². The number of nitrogens with zero attached hydrogens (tertiary/aromatic N) is 5. The molecule has 0 saturated carbocycles. The molecular formula is C15H17N5O4S. The maximum absolute atomic E-state index is 12.2. The Morgan fingerprint density at radius 3 is 2.52 bits per heavy atom. The van der Waals surface area contributed by atoms with E-state index in [4.69, 9.17) is 0 Å². The number of pyridine rings is 2. The smallest absolute Gasteiger partial charge is 0.312 e. The Balaban J connectivity index is 1.92. The van der Waals surface area contributed by atoms with E-state index < -0.39 is 10.0 Å². The molecular weight excluding hydrogens is 346 g/mol. The van der Waals surface area contributed by atoms with Crippen LogP contribution in [-0.4, -0.2) is 45.6 Å². The molecule has 10 heteroatoms. The van der Waals surface area contributed by atoms with Crippen LogP contribution in [0.25, 0.3) is 5.65 Å². The van der Waals surface area contributed by atoms with Crippen LogP contribution in [0.3, 0.4) is 0 Å². The predicted molar refractivity (Wildman–Crippen MR) is 91.0 cm³/mol. The van der Waals surface area contributed by atoms with Crippen molar-refractivity contribution in [3.05, 3.63) is 63.6 Å². The van der Waals surface area contributed by atoms with E-state index in [-0.39, 0.29) is 29.2 Å². The Labute approximate surface area is 143 Å². The van der Waals surface area contributed by atoms with Crippen molar-refractivity contribution in [1.82, 2.24) is 23.1 Å². The van der Waals surface area contributed by atoms with Gasteiger partial charge in [-0.1, -0.05) is 6.07 Å². The van der Waals surface area contributed by atoms with Gasteiger partial charge in [-0.05, 0) is 18.2 Å². The molecule has 0 atom stereocenters. The average molecular weight is 363 g/mol. The number of fused-ring (bicyclic) bond motifs is 1. The van der Waals surface area contributed by atoms with E-state index >= 15 is 0 Å².